The molecule has 0 saturated carbocycles. The van der Waals surface area contributed by atoms with E-state index in [1.54, 1.807) is 52.8 Å². The molecule has 66 heavy (non-hydrogen) atoms. The number of esters is 2. The third-order valence-corrected chi connectivity index (χ3v) is 13.2. The number of benzene rings is 1. The average Bonchev–Trinajstić information content (AvgIpc) is 3.26. The number of aliphatic hydroxyl groups excluding tert-OH is 6. The summed E-state index contributed by atoms with van der Waals surface area (Å²) >= 11 is 12.2. The number of carbonyl (C=O) groups excluding carboxylic acids is 2. The van der Waals surface area contributed by atoms with Crippen molar-refractivity contribution in [2.45, 2.75) is 174 Å². The normalized spacial score (nSPS) is 36.9. The van der Waals surface area contributed by atoms with Crippen LogP contribution in [0, 0.1) is 11.8 Å². The first-order chi connectivity index (χ1) is 30.9. The van der Waals surface area contributed by atoms with Gasteiger partial charge in [0.05, 0.1) is 47.2 Å². The molecule has 0 radical (unpaired) electrons. The van der Waals surface area contributed by atoms with Crippen molar-refractivity contribution in [1.82, 2.24) is 0 Å². The van der Waals surface area contributed by atoms with E-state index >= 15 is 0 Å². The second kappa shape index (κ2) is 23.8. The molecule has 2 saturated heterocycles. The molecule has 1 aromatic carbocycles. The zero-order valence-corrected chi connectivity index (χ0v) is 40.7. The summed E-state index contributed by atoms with van der Waals surface area (Å²) < 4.78 is 36.0. The van der Waals surface area contributed by atoms with Crippen LogP contribution < -0.4 is 0 Å². The fourth-order valence-corrected chi connectivity index (χ4v) is 8.66. The summed E-state index contributed by atoms with van der Waals surface area (Å²) in [5, 5.41) is 85.6. The van der Waals surface area contributed by atoms with E-state index in [9.17, 15) is 50.4 Å². The minimum Gasteiger partial charge on any atom is -0.505 e. The topological polar surface area (TPSA) is 251 Å². The molecule has 3 unspecified atom stereocenters. The Morgan fingerprint density at radius 1 is 0.939 bits per heavy atom. The minimum absolute atomic E-state index is 0.0188. The van der Waals surface area contributed by atoms with Crippen molar-refractivity contribution >= 4 is 35.1 Å². The standard InChI is InChI=1S/C48H68Cl2O16/c1-11-28-20-23(4)31(52)16-14-13-15-29(21-61-46-25(6)36(53)42(27(8)62-46)64-45(60)33-30(12-2)34(49)38(55)35(50)37(33)54)44(59)63-32(26(7)51)18-17-22(3)19-24(5)41(28)65-47-40(57)39(56)43(58)48(9,10)66-47/h13-15,17,19-20,25-28,31-32,36,39-43,46-47,51-58H,11-12,16,18,21H2,1-10H3/b14-13+,22-17+,23-20+,24-19+,29-15+/t25-,26-,27+,28+,31+,32?,36+,39-,40+,41?,42+,43?,46+,47-/m1/s1. The van der Waals surface area contributed by atoms with Gasteiger partial charge in [-0.1, -0.05) is 79.9 Å². The first-order valence-corrected chi connectivity index (χ1v) is 23.0. The lowest BCUT2D eigenvalue weighted by molar-refractivity contribution is -0.331. The number of phenolic OH excluding ortho intramolecular Hbond substituents is 2. The van der Waals surface area contributed by atoms with E-state index in [-0.39, 0.29) is 53.5 Å². The first-order valence-electron chi connectivity index (χ1n) is 22.3. The predicted octanol–water partition coefficient (Wildman–Crippen LogP) is 5.65. The lowest BCUT2D eigenvalue weighted by Gasteiger charge is -2.46. The molecule has 2 fully saturated rings. The summed E-state index contributed by atoms with van der Waals surface area (Å²) in [6.07, 6.45) is -3.16. The van der Waals surface area contributed by atoms with Crippen LogP contribution in [0.1, 0.15) is 104 Å². The van der Waals surface area contributed by atoms with Gasteiger partial charge in [0.15, 0.2) is 30.2 Å². The van der Waals surface area contributed by atoms with Gasteiger partial charge in [-0.15, -0.1) is 0 Å². The monoisotopic (exact) mass is 970 g/mol. The number of hydrogen-bond acceptors (Lipinski definition) is 16. The maximum atomic E-state index is 13.8. The molecule has 3 heterocycles. The molecule has 3 aliphatic heterocycles. The van der Waals surface area contributed by atoms with E-state index < -0.39 is 114 Å². The zero-order valence-electron chi connectivity index (χ0n) is 39.2. The Hall–Kier alpha value is -3.36. The van der Waals surface area contributed by atoms with Crippen LogP contribution in [0.2, 0.25) is 10.0 Å². The number of ether oxygens (including phenoxy) is 6. The third kappa shape index (κ3) is 13.0. The molecular weight excluding hydrogens is 903 g/mol. The van der Waals surface area contributed by atoms with Crippen molar-refractivity contribution in [3.05, 3.63) is 79.9 Å². The molecule has 16 nitrogen and oxygen atoms in total. The highest BCUT2D eigenvalue weighted by Crippen LogP contribution is 2.45. The van der Waals surface area contributed by atoms with Crippen LogP contribution in [0.25, 0.3) is 0 Å². The molecule has 0 aliphatic carbocycles. The average molecular weight is 972 g/mol. The van der Waals surface area contributed by atoms with Crippen LogP contribution in [0.5, 0.6) is 11.5 Å². The van der Waals surface area contributed by atoms with Crippen LogP contribution in [-0.2, 0) is 39.6 Å². The number of carbonyl (C=O) groups is 2. The largest absolute Gasteiger partial charge is 0.505 e. The Bertz CT molecular complexity index is 2030. The van der Waals surface area contributed by atoms with Gasteiger partial charge in [0.2, 0.25) is 0 Å². The Kier molecular flexibility index (Phi) is 19.9. The molecule has 370 valence electrons. The molecular formula is C48H68Cl2O16. The van der Waals surface area contributed by atoms with Gasteiger partial charge in [0, 0.05) is 18.3 Å². The maximum absolute atomic E-state index is 13.8. The quantitative estimate of drug-likeness (QED) is 0.104. The lowest BCUT2D eigenvalue weighted by atomic mass is 9.88. The number of aromatic hydroxyl groups is 2. The molecule has 8 N–H and O–H groups in total. The number of rotatable bonds is 10. The fraction of sp³-hybridized carbons (Fsp3) is 0.625. The predicted molar refractivity (Wildman–Crippen MR) is 245 cm³/mol. The molecule has 1 aromatic rings. The Morgan fingerprint density at radius 3 is 2.23 bits per heavy atom. The Balaban J connectivity index is 1.58. The molecule has 0 spiro atoms. The van der Waals surface area contributed by atoms with Gasteiger partial charge in [0.1, 0.15) is 41.1 Å². The van der Waals surface area contributed by atoms with Crippen molar-refractivity contribution < 1.29 is 78.9 Å². The third-order valence-electron chi connectivity index (χ3n) is 12.4. The number of cyclic esters (lactones) is 1. The van der Waals surface area contributed by atoms with Crippen LogP contribution in [-0.4, -0.2) is 139 Å². The molecule has 3 aliphatic rings. The van der Waals surface area contributed by atoms with Crippen LogP contribution in [0.15, 0.2) is 58.7 Å². The maximum Gasteiger partial charge on any atom is 0.342 e. The number of aliphatic hydroxyl groups is 6. The van der Waals surface area contributed by atoms with Gasteiger partial charge in [-0.3, -0.25) is 0 Å². The summed E-state index contributed by atoms with van der Waals surface area (Å²) in [4.78, 5) is 27.3. The minimum atomic E-state index is -1.56. The van der Waals surface area contributed by atoms with E-state index in [1.165, 1.54) is 19.9 Å². The van der Waals surface area contributed by atoms with Gasteiger partial charge in [0.25, 0.3) is 0 Å². The number of halogens is 2. The highest BCUT2D eigenvalue weighted by molar-refractivity contribution is 6.39. The van der Waals surface area contributed by atoms with Crippen molar-refractivity contribution in [2.75, 3.05) is 6.61 Å². The van der Waals surface area contributed by atoms with E-state index in [0.717, 1.165) is 5.57 Å². The molecule has 0 bridgehead atoms. The molecule has 0 aromatic heterocycles. The van der Waals surface area contributed by atoms with Crippen LogP contribution in [0.3, 0.4) is 0 Å². The van der Waals surface area contributed by atoms with E-state index in [1.807, 2.05) is 32.9 Å². The van der Waals surface area contributed by atoms with Gasteiger partial charge in [-0.25, -0.2) is 9.59 Å². The first kappa shape index (κ1) is 55.2. The molecule has 14 atom stereocenters. The molecule has 18 heteroatoms. The lowest BCUT2D eigenvalue weighted by Crippen LogP contribution is -2.63. The summed E-state index contributed by atoms with van der Waals surface area (Å²) in [6.45, 7) is 16.4. The second-order valence-corrected chi connectivity index (χ2v) is 18.7. The summed E-state index contributed by atoms with van der Waals surface area (Å²) in [5.41, 5.74) is 0.552. The van der Waals surface area contributed by atoms with Gasteiger partial charge < -0.3 is 69.3 Å². The van der Waals surface area contributed by atoms with Gasteiger partial charge in [-0.2, -0.15) is 0 Å². The fourth-order valence-electron chi connectivity index (χ4n) is 8.10. The summed E-state index contributed by atoms with van der Waals surface area (Å²) in [6, 6.07) is 0. The number of phenols is 2. The van der Waals surface area contributed by atoms with E-state index in [0.29, 0.717) is 17.6 Å². The molecule has 0 amide bonds. The Labute approximate surface area is 396 Å². The molecule has 4 rings (SSSR count). The van der Waals surface area contributed by atoms with Crippen molar-refractivity contribution in [2.24, 2.45) is 11.8 Å². The number of hydrogen-bond donors (Lipinski definition) is 8. The highest BCUT2D eigenvalue weighted by Gasteiger charge is 2.50. The highest BCUT2D eigenvalue weighted by atomic mass is 35.5. The van der Waals surface area contributed by atoms with Crippen molar-refractivity contribution in [3.8, 4) is 11.5 Å². The second-order valence-electron chi connectivity index (χ2n) is 18.0. The van der Waals surface area contributed by atoms with Crippen LogP contribution in [0.4, 0.5) is 0 Å². The SMILES string of the molecule is CCc1c(Cl)c(O)c(Cl)c(O)c1C(=O)O[C@@H]1[C@@H](O)[C@@H](C)[C@@H](OC/C2=C\C=C\C[C@H](O)/C(C)=C/[C@H](CC)C(O[C@@H]3OC(C)(C)C(O)[C@H](O)[C@@H]3O)/C(C)=C/C(C)=C/CC([C@@H](C)O)OC2=O)O[C@H]1C. The van der Waals surface area contributed by atoms with Crippen molar-refractivity contribution in [1.29, 1.82) is 0 Å². The van der Waals surface area contributed by atoms with Gasteiger partial charge in [-0.05, 0) is 90.5 Å². The summed E-state index contributed by atoms with van der Waals surface area (Å²) in [5.74, 6) is -4.38. The Morgan fingerprint density at radius 2 is 1.61 bits per heavy atom. The smallest absolute Gasteiger partial charge is 0.342 e. The summed E-state index contributed by atoms with van der Waals surface area (Å²) in [7, 11) is 0. The van der Waals surface area contributed by atoms with E-state index in [2.05, 4.69) is 0 Å². The van der Waals surface area contributed by atoms with Gasteiger partial charge >= 0.3 is 11.9 Å². The van der Waals surface area contributed by atoms with E-state index in [4.69, 9.17) is 51.6 Å². The van der Waals surface area contributed by atoms with Crippen LogP contribution >= 0.6 is 23.2 Å². The zero-order chi connectivity index (χ0) is 49.5. The number of allylic oxidation sites excluding steroid dienone is 4. The van der Waals surface area contributed by atoms with Crippen molar-refractivity contribution in [3.63, 3.8) is 0 Å².